The van der Waals surface area contributed by atoms with Gasteiger partial charge in [0.25, 0.3) is 5.69 Å². The number of carboxylic acid groups (broad SMARTS) is 1. The highest BCUT2D eigenvalue weighted by atomic mass is 16.6. The molecule has 5 nitrogen and oxygen atoms in total. The highest BCUT2D eigenvalue weighted by Gasteiger charge is 2.13. The molecular formula is C11H11NO4. The van der Waals surface area contributed by atoms with Crippen molar-refractivity contribution in [2.24, 2.45) is 0 Å². The summed E-state index contributed by atoms with van der Waals surface area (Å²) in [6, 6.07) is 4.61. The summed E-state index contributed by atoms with van der Waals surface area (Å²) in [5.41, 5.74) is 1.14. The zero-order chi connectivity index (χ0) is 12.1. The molecule has 0 aliphatic rings. The second-order valence-corrected chi connectivity index (χ2v) is 3.13. The third-order valence-corrected chi connectivity index (χ3v) is 2.14. The van der Waals surface area contributed by atoms with Gasteiger partial charge in [0, 0.05) is 17.7 Å². The molecule has 0 aliphatic carbocycles. The standard InChI is InChI=1S/C11H11NO4/c1-2-9-8(6-7-11(13)14)4-3-5-10(9)12(15)16/h3-7H,2H2,1H3,(H,13,14)/b7-6+. The first-order valence-corrected chi connectivity index (χ1v) is 4.73. The van der Waals surface area contributed by atoms with Gasteiger partial charge in [0.15, 0.2) is 0 Å². The highest BCUT2D eigenvalue weighted by molar-refractivity contribution is 5.85. The van der Waals surface area contributed by atoms with Gasteiger partial charge in [-0.2, -0.15) is 0 Å². The van der Waals surface area contributed by atoms with Crippen LogP contribution < -0.4 is 0 Å². The molecule has 1 N–H and O–H groups in total. The maximum absolute atomic E-state index is 10.7. The summed E-state index contributed by atoms with van der Waals surface area (Å²) in [6.07, 6.45) is 2.82. The Kier molecular flexibility index (Phi) is 3.77. The van der Waals surface area contributed by atoms with E-state index < -0.39 is 10.9 Å². The Balaban J connectivity index is 3.24. The second-order valence-electron chi connectivity index (χ2n) is 3.13. The molecule has 0 radical (unpaired) electrons. The smallest absolute Gasteiger partial charge is 0.328 e. The molecule has 0 saturated carbocycles. The van der Waals surface area contributed by atoms with E-state index in [2.05, 4.69) is 0 Å². The molecule has 0 fully saturated rings. The summed E-state index contributed by atoms with van der Waals surface area (Å²) in [5, 5.41) is 19.2. The van der Waals surface area contributed by atoms with E-state index >= 15 is 0 Å². The summed E-state index contributed by atoms with van der Waals surface area (Å²) in [6.45, 7) is 1.79. The second kappa shape index (κ2) is 5.06. The van der Waals surface area contributed by atoms with Crippen LogP contribution in [0.15, 0.2) is 24.3 Å². The van der Waals surface area contributed by atoms with E-state index in [1.807, 2.05) is 0 Å². The SMILES string of the molecule is CCc1c(/C=C/C(=O)O)cccc1[N+](=O)[O-]. The van der Waals surface area contributed by atoms with Crippen molar-refractivity contribution in [3.05, 3.63) is 45.5 Å². The predicted octanol–water partition coefficient (Wildman–Crippen LogP) is 2.26. The minimum absolute atomic E-state index is 0.0232. The first kappa shape index (κ1) is 11.9. The predicted molar refractivity (Wildman–Crippen MR) is 59.1 cm³/mol. The van der Waals surface area contributed by atoms with Crippen LogP contribution in [0.1, 0.15) is 18.1 Å². The lowest BCUT2D eigenvalue weighted by Gasteiger charge is -2.03. The Morgan fingerprint density at radius 3 is 2.75 bits per heavy atom. The van der Waals surface area contributed by atoms with Crippen molar-refractivity contribution in [2.45, 2.75) is 13.3 Å². The van der Waals surface area contributed by atoms with Gasteiger partial charge < -0.3 is 5.11 Å². The minimum Gasteiger partial charge on any atom is -0.478 e. The van der Waals surface area contributed by atoms with Gasteiger partial charge in [0.1, 0.15) is 0 Å². The van der Waals surface area contributed by atoms with Gasteiger partial charge in [0.2, 0.25) is 0 Å². The fourth-order valence-corrected chi connectivity index (χ4v) is 1.47. The molecule has 0 amide bonds. The minimum atomic E-state index is -1.08. The number of hydrogen-bond donors (Lipinski definition) is 1. The van der Waals surface area contributed by atoms with Gasteiger partial charge in [-0.15, -0.1) is 0 Å². The summed E-state index contributed by atoms with van der Waals surface area (Å²) >= 11 is 0. The summed E-state index contributed by atoms with van der Waals surface area (Å²) in [5.74, 6) is -1.08. The van der Waals surface area contributed by atoms with Crippen LogP contribution in [-0.4, -0.2) is 16.0 Å². The van der Waals surface area contributed by atoms with Crippen molar-refractivity contribution in [1.29, 1.82) is 0 Å². The van der Waals surface area contributed by atoms with E-state index in [0.717, 1.165) is 6.08 Å². The molecule has 0 aliphatic heterocycles. The number of nitro groups is 1. The topological polar surface area (TPSA) is 80.4 Å². The molecule has 0 saturated heterocycles. The molecule has 1 rings (SSSR count). The lowest BCUT2D eigenvalue weighted by Crippen LogP contribution is -1.97. The number of benzene rings is 1. The Morgan fingerprint density at radius 1 is 1.56 bits per heavy atom. The van der Waals surface area contributed by atoms with Crippen molar-refractivity contribution in [3.63, 3.8) is 0 Å². The van der Waals surface area contributed by atoms with Crippen molar-refractivity contribution >= 4 is 17.7 Å². The van der Waals surface area contributed by atoms with E-state index in [9.17, 15) is 14.9 Å². The van der Waals surface area contributed by atoms with E-state index in [4.69, 9.17) is 5.11 Å². The van der Waals surface area contributed by atoms with Crippen LogP contribution >= 0.6 is 0 Å². The van der Waals surface area contributed by atoms with Crippen LogP contribution in [0.25, 0.3) is 6.08 Å². The molecule has 1 aromatic carbocycles. The fourth-order valence-electron chi connectivity index (χ4n) is 1.47. The molecule has 84 valence electrons. The zero-order valence-corrected chi connectivity index (χ0v) is 8.71. The number of aliphatic carboxylic acids is 1. The van der Waals surface area contributed by atoms with Gasteiger partial charge in [0.05, 0.1) is 4.92 Å². The van der Waals surface area contributed by atoms with E-state index in [0.29, 0.717) is 17.5 Å². The van der Waals surface area contributed by atoms with Crippen LogP contribution in [0, 0.1) is 10.1 Å². The number of carboxylic acids is 1. The molecule has 1 aromatic rings. The molecule has 0 unspecified atom stereocenters. The zero-order valence-electron chi connectivity index (χ0n) is 8.71. The van der Waals surface area contributed by atoms with Crippen LogP contribution in [0.3, 0.4) is 0 Å². The Bertz CT molecular complexity index is 451. The maximum Gasteiger partial charge on any atom is 0.328 e. The van der Waals surface area contributed by atoms with E-state index in [-0.39, 0.29) is 5.69 Å². The monoisotopic (exact) mass is 221 g/mol. The Labute approximate surface area is 92.2 Å². The lowest BCUT2D eigenvalue weighted by molar-refractivity contribution is -0.385. The number of nitrogens with zero attached hydrogens (tertiary/aromatic N) is 1. The van der Waals surface area contributed by atoms with Crippen LogP contribution in [-0.2, 0) is 11.2 Å². The van der Waals surface area contributed by atoms with Gasteiger partial charge in [-0.05, 0) is 18.1 Å². The van der Waals surface area contributed by atoms with Crippen molar-refractivity contribution in [2.75, 3.05) is 0 Å². The first-order valence-electron chi connectivity index (χ1n) is 4.73. The molecule has 0 aromatic heterocycles. The van der Waals surface area contributed by atoms with E-state index in [1.54, 1.807) is 19.1 Å². The molecule has 0 bridgehead atoms. The molecule has 0 atom stereocenters. The molecule has 0 heterocycles. The van der Waals surface area contributed by atoms with Gasteiger partial charge in [-0.3, -0.25) is 10.1 Å². The first-order chi connectivity index (χ1) is 7.56. The third kappa shape index (κ3) is 2.66. The number of nitro benzene ring substituents is 1. The normalized spacial score (nSPS) is 10.6. The summed E-state index contributed by atoms with van der Waals surface area (Å²) < 4.78 is 0. The quantitative estimate of drug-likeness (QED) is 0.480. The van der Waals surface area contributed by atoms with Crippen LogP contribution in [0.2, 0.25) is 0 Å². The number of carbonyl (C=O) groups is 1. The lowest BCUT2D eigenvalue weighted by atomic mass is 10.0. The van der Waals surface area contributed by atoms with Gasteiger partial charge in [-0.25, -0.2) is 4.79 Å². The van der Waals surface area contributed by atoms with Crippen molar-refractivity contribution in [3.8, 4) is 0 Å². The van der Waals surface area contributed by atoms with E-state index in [1.165, 1.54) is 12.1 Å². The van der Waals surface area contributed by atoms with Crippen molar-refractivity contribution < 1.29 is 14.8 Å². The van der Waals surface area contributed by atoms with Crippen LogP contribution in [0.5, 0.6) is 0 Å². The molecule has 0 spiro atoms. The van der Waals surface area contributed by atoms with Gasteiger partial charge >= 0.3 is 5.97 Å². The molecule has 5 heteroatoms. The summed E-state index contributed by atoms with van der Waals surface area (Å²) in [4.78, 5) is 20.6. The average molecular weight is 221 g/mol. The van der Waals surface area contributed by atoms with Gasteiger partial charge in [-0.1, -0.05) is 19.1 Å². The largest absolute Gasteiger partial charge is 0.478 e. The number of hydrogen-bond acceptors (Lipinski definition) is 3. The van der Waals surface area contributed by atoms with Crippen LogP contribution in [0.4, 0.5) is 5.69 Å². The van der Waals surface area contributed by atoms with Crippen molar-refractivity contribution in [1.82, 2.24) is 0 Å². The fraction of sp³-hybridized carbons (Fsp3) is 0.182. The number of rotatable bonds is 4. The maximum atomic E-state index is 10.7. The Hall–Kier alpha value is -2.17. The molecular weight excluding hydrogens is 210 g/mol. The summed E-state index contributed by atoms with van der Waals surface area (Å²) in [7, 11) is 0. The molecule has 16 heavy (non-hydrogen) atoms. The Morgan fingerprint density at radius 2 is 2.25 bits per heavy atom. The third-order valence-electron chi connectivity index (χ3n) is 2.14. The average Bonchev–Trinajstić information content (AvgIpc) is 2.25. The highest BCUT2D eigenvalue weighted by Crippen LogP contribution is 2.23.